The SMILES string of the molecule is CCC(CCCCc1cccc(C(=O)OO)c1C(C)(C)C)(OOC(C)(C)C)C(=O)O. The first-order valence-electron chi connectivity index (χ1n) is 10.4. The number of hydrogen-bond acceptors (Lipinski definition) is 6. The molecule has 0 aliphatic carbocycles. The first-order valence-corrected chi connectivity index (χ1v) is 10.4. The van der Waals surface area contributed by atoms with Crippen LogP contribution in [-0.4, -0.2) is 33.5 Å². The Kier molecular flexibility index (Phi) is 9.02. The van der Waals surface area contributed by atoms with Crippen LogP contribution in [0.25, 0.3) is 0 Å². The monoisotopic (exact) mass is 424 g/mol. The van der Waals surface area contributed by atoms with Crippen molar-refractivity contribution in [1.82, 2.24) is 0 Å². The third-order valence-corrected chi connectivity index (χ3v) is 4.89. The Hall–Kier alpha value is -1.96. The van der Waals surface area contributed by atoms with Gasteiger partial charge in [-0.05, 0) is 75.5 Å². The van der Waals surface area contributed by atoms with Crippen molar-refractivity contribution >= 4 is 11.9 Å². The van der Waals surface area contributed by atoms with Crippen LogP contribution >= 0.6 is 0 Å². The van der Waals surface area contributed by atoms with Crippen molar-refractivity contribution in [2.45, 2.75) is 97.2 Å². The fourth-order valence-corrected chi connectivity index (χ4v) is 3.42. The molecule has 170 valence electrons. The zero-order valence-corrected chi connectivity index (χ0v) is 19.2. The van der Waals surface area contributed by atoms with Crippen molar-refractivity contribution < 1.29 is 34.6 Å². The van der Waals surface area contributed by atoms with Gasteiger partial charge in [-0.25, -0.2) is 19.4 Å². The average Bonchev–Trinajstić information content (AvgIpc) is 2.65. The molecular weight excluding hydrogens is 388 g/mol. The van der Waals surface area contributed by atoms with E-state index in [4.69, 9.17) is 15.0 Å². The maximum absolute atomic E-state index is 12.0. The number of carbonyl (C=O) groups is 2. The third kappa shape index (κ3) is 7.07. The molecule has 2 N–H and O–H groups in total. The molecule has 0 heterocycles. The predicted octanol–water partition coefficient (Wildman–Crippen LogP) is 5.31. The van der Waals surface area contributed by atoms with Crippen molar-refractivity contribution in [3.63, 3.8) is 0 Å². The number of carboxylic acid groups (broad SMARTS) is 1. The quantitative estimate of drug-likeness (QED) is 0.298. The summed E-state index contributed by atoms with van der Waals surface area (Å²) in [6.45, 7) is 13.1. The van der Waals surface area contributed by atoms with E-state index >= 15 is 0 Å². The molecule has 0 bridgehead atoms. The molecule has 0 aromatic heterocycles. The minimum atomic E-state index is -1.40. The van der Waals surface area contributed by atoms with Crippen LogP contribution in [0.5, 0.6) is 0 Å². The smallest absolute Gasteiger partial charge is 0.373 e. The first kappa shape index (κ1) is 26.1. The largest absolute Gasteiger partial charge is 0.479 e. The second kappa shape index (κ2) is 10.4. The molecule has 1 aromatic carbocycles. The molecule has 0 aliphatic rings. The lowest BCUT2D eigenvalue weighted by molar-refractivity contribution is -0.398. The standard InChI is InChI=1S/C23H36O7/c1-8-23(20(25)26,30-29-22(5,6)7)15-10-9-12-16-13-11-14-17(19(24)28-27)18(16)21(2,3)4/h11,13-14,27H,8-10,12,15H2,1-7H3,(H,25,26). The van der Waals surface area contributed by atoms with Gasteiger partial charge < -0.3 is 5.11 Å². The molecule has 1 unspecified atom stereocenters. The van der Waals surface area contributed by atoms with Crippen LogP contribution in [0.3, 0.4) is 0 Å². The molecular formula is C23H36O7. The summed E-state index contributed by atoms with van der Waals surface area (Å²) < 4.78 is 0. The number of rotatable bonds is 10. The number of carboxylic acids is 1. The lowest BCUT2D eigenvalue weighted by Gasteiger charge is -2.30. The fourth-order valence-electron chi connectivity index (χ4n) is 3.42. The van der Waals surface area contributed by atoms with Crippen molar-refractivity contribution in [2.24, 2.45) is 0 Å². The van der Waals surface area contributed by atoms with Crippen molar-refractivity contribution in [2.75, 3.05) is 0 Å². The van der Waals surface area contributed by atoms with Crippen LogP contribution in [0.4, 0.5) is 0 Å². The van der Waals surface area contributed by atoms with Crippen LogP contribution in [0.1, 0.15) is 95.6 Å². The van der Waals surface area contributed by atoms with Crippen molar-refractivity contribution in [1.29, 1.82) is 0 Å². The van der Waals surface area contributed by atoms with Crippen LogP contribution in [-0.2, 0) is 31.3 Å². The molecule has 0 saturated heterocycles. The number of unbranched alkanes of at least 4 members (excludes halogenated alkanes) is 1. The van der Waals surface area contributed by atoms with Gasteiger partial charge in [-0.15, -0.1) is 0 Å². The number of aliphatic carboxylic acids is 1. The van der Waals surface area contributed by atoms with Crippen LogP contribution < -0.4 is 0 Å². The lowest BCUT2D eigenvalue weighted by atomic mass is 9.79. The molecule has 0 spiro atoms. The average molecular weight is 425 g/mol. The highest BCUT2D eigenvalue weighted by atomic mass is 17.2. The van der Waals surface area contributed by atoms with E-state index in [9.17, 15) is 14.7 Å². The van der Waals surface area contributed by atoms with E-state index in [1.165, 1.54) is 0 Å². The molecule has 1 rings (SSSR count). The van der Waals surface area contributed by atoms with Gasteiger partial charge in [0.25, 0.3) is 0 Å². The Bertz CT molecular complexity index is 728. The summed E-state index contributed by atoms with van der Waals surface area (Å²) in [7, 11) is 0. The number of aryl methyl sites for hydroxylation is 1. The zero-order chi connectivity index (χ0) is 23.2. The van der Waals surface area contributed by atoms with E-state index in [-0.39, 0.29) is 11.8 Å². The van der Waals surface area contributed by atoms with Crippen LogP contribution in [0.2, 0.25) is 0 Å². The van der Waals surface area contributed by atoms with E-state index < -0.39 is 23.1 Å². The van der Waals surface area contributed by atoms with Crippen LogP contribution in [0.15, 0.2) is 18.2 Å². The van der Waals surface area contributed by atoms with Crippen LogP contribution in [0, 0.1) is 0 Å². The Morgan fingerprint density at radius 2 is 1.63 bits per heavy atom. The zero-order valence-electron chi connectivity index (χ0n) is 19.2. The van der Waals surface area contributed by atoms with Gasteiger partial charge in [0.05, 0.1) is 11.2 Å². The molecule has 7 heteroatoms. The second-order valence-corrected chi connectivity index (χ2v) is 9.61. The molecule has 0 fully saturated rings. The van der Waals surface area contributed by atoms with E-state index in [1.807, 2.05) is 26.8 Å². The molecule has 0 radical (unpaired) electrons. The highest BCUT2D eigenvalue weighted by Crippen LogP contribution is 2.32. The third-order valence-electron chi connectivity index (χ3n) is 4.89. The topological polar surface area (TPSA) is 102 Å². The maximum atomic E-state index is 12.0. The van der Waals surface area contributed by atoms with Gasteiger partial charge >= 0.3 is 11.9 Å². The molecule has 0 amide bonds. The van der Waals surface area contributed by atoms with Crippen molar-refractivity contribution in [3.8, 4) is 0 Å². The first-order chi connectivity index (χ1) is 13.8. The van der Waals surface area contributed by atoms with Gasteiger partial charge in [0.1, 0.15) is 0 Å². The Morgan fingerprint density at radius 3 is 2.10 bits per heavy atom. The minimum absolute atomic E-state index is 0.281. The summed E-state index contributed by atoms with van der Waals surface area (Å²) in [5.41, 5.74) is -0.233. The van der Waals surface area contributed by atoms with Gasteiger partial charge in [-0.2, -0.15) is 5.26 Å². The Labute approximate surface area is 179 Å². The van der Waals surface area contributed by atoms with E-state index in [0.29, 0.717) is 31.2 Å². The lowest BCUT2D eigenvalue weighted by Crippen LogP contribution is -2.43. The van der Waals surface area contributed by atoms with Gasteiger partial charge in [0, 0.05) is 0 Å². The minimum Gasteiger partial charge on any atom is -0.479 e. The highest BCUT2D eigenvalue weighted by molar-refractivity contribution is 5.91. The van der Waals surface area contributed by atoms with Gasteiger partial charge in [-0.3, -0.25) is 4.89 Å². The fraction of sp³-hybridized carbons (Fsp3) is 0.652. The summed E-state index contributed by atoms with van der Waals surface area (Å²) in [4.78, 5) is 38.6. The Balaban J connectivity index is 2.94. The number of benzene rings is 1. The summed E-state index contributed by atoms with van der Waals surface area (Å²) in [6, 6.07) is 5.33. The van der Waals surface area contributed by atoms with Gasteiger partial charge in [0.15, 0.2) is 5.60 Å². The molecule has 1 atom stereocenters. The van der Waals surface area contributed by atoms with E-state index in [1.54, 1.807) is 39.8 Å². The molecule has 0 aliphatic heterocycles. The summed E-state index contributed by atoms with van der Waals surface area (Å²) in [5.74, 6) is -1.83. The molecule has 30 heavy (non-hydrogen) atoms. The molecule has 0 saturated carbocycles. The van der Waals surface area contributed by atoms with E-state index in [0.717, 1.165) is 11.1 Å². The van der Waals surface area contributed by atoms with Gasteiger partial charge in [-0.1, -0.05) is 39.8 Å². The van der Waals surface area contributed by atoms with Gasteiger partial charge in [0.2, 0.25) is 0 Å². The number of carbonyl (C=O) groups excluding carboxylic acids is 1. The molecule has 1 aromatic rings. The predicted molar refractivity (Wildman–Crippen MR) is 113 cm³/mol. The summed E-state index contributed by atoms with van der Waals surface area (Å²) in [6.07, 6.45) is 2.54. The maximum Gasteiger partial charge on any atom is 0.373 e. The highest BCUT2D eigenvalue weighted by Gasteiger charge is 2.40. The summed E-state index contributed by atoms with van der Waals surface area (Å²) in [5, 5.41) is 18.6. The number of hydrogen-bond donors (Lipinski definition) is 2. The van der Waals surface area contributed by atoms with E-state index in [2.05, 4.69) is 4.89 Å². The Morgan fingerprint density at radius 1 is 1.00 bits per heavy atom. The normalized spacial score (nSPS) is 14.3. The van der Waals surface area contributed by atoms with Crippen molar-refractivity contribution in [3.05, 3.63) is 34.9 Å². The molecule has 7 nitrogen and oxygen atoms in total. The second-order valence-electron chi connectivity index (χ2n) is 9.61. The summed E-state index contributed by atoms with van der Waals surface area (Å²) >= 11 is 0.